The standard InChI is InChI=1S/C53H35N5/c1-4-14-36(15-5-1)38-24-30-41(31-25-38)50-54-51(42-32-26-39(27-33-42)37-16-6-2-7-17-37)56-52(55-50)43-34-28-40(29-35-43)49-45-20-10-11-21-46(45)58-48-23-13-12-22-47(48)57(53(49)58)44-18-8-3-9-19-44/h1-35H. The lowest BCUT2D eigenvalue weighted by molar-refractivity contribution is 1.07. The van der Waals surface area contributed by atoms with Gasteiger partial charge in [0.25, 0.3) is 0 Å². The molecule has 0 aliphatic heterocycles. The van der Waals surface area contributed by atoms with Gasteiger partial charge in [-0.2, -0.15) is 0 Å². The number of aromatic nitrogens is 5. The molecule has 0 radical (unpaired) electrons. The maximum atomic E-state index is 5.11. The highest BCUT2D eigenvalue weighted by molar-refractivity contribution is 6.09. The van der Waals surface area contributed by atoms with Crippen molar-refractivity contribution in [1.82, 2.24) is 23.9 Å². The molecule has 3 heterocycles. The molecule has 272 valence electrons. The molecule has 0 spiro atoms. The van der Waals surface area contributed by atoms with Crippen LogP contribution in [0.2, 0.25) is 0 Å². The zero-order valence-electron chi connectivity index (χ0n) is 31.4. The molecule has 0 saturated heterocycles. The predicted octanol–water partition coefficient (Wildman–Crippen LogP) is 13.2. The van der Waals surface area contributed by atoms with Gasteiger partial charge in [-0.3, -0.25) is 8.97 Å². The molecule has 11 aromatic rings. The van der Waals surface area contributed by atoms with Crippen molar-refractivity contribution < 1.29 is 0 Å². The van der Waals surface area contributed by atoms with Crippen molar-refractivity contribution in [1.29, 1.82) is 0 Å². The van der Waals surface area contributed by atoms with Gasteiger partial charge in [0.1, 0.15) is 5.65 Å². The number of rotatable bonds is 7. The Labute approximate surface area is 335 Å². The van der Waals surface area contributed by atoms with Gasteiger partial charge in [-0.05, 0) is 58.1 Å². The number of hydrogen-bond donors (Lipinski definition) is 0. The average molecular weight is 742 g/mol. The fraction of sp³-hybridized carbons (Fsp3) is 0. The van der Waals surface area contributed by atoms with Gasteiger partial charge in [-0.15, -0.1) is 0 Å². The second-order valence-electron chi connectivity index (χ2n) is 14.5. The summed E-state index contributed by atoms with van der Waals surface area (Å²) >= 11 is 0. The van der Waals surface area contributed by atoms with Gasteiger partial charge >= 0.3 is 0 Å². The van der Waals surface area contributed by atoms with Gasteiger partial charge in [0.15, 0.2) is 17.5 Å². The first-order valence-electron chi connectivity index (χ1n) is 19.5. The largest absolute Gasteiger partial charge is 0.293 e. The normalized spacial score (nSPS) is 11.4. The highest BCUT2D eigenvalue weighted by Gasteiger charge is 2.22. The summed E-state index contributed by atoms with van der Waals surface area (Å²) in [6, 6.07) is 74.4. The van der Waals surface area contributed by atoms with Crippen LogP contribution in [0.1, 0.15) is 0 Å². The fourth-order valence-electron chi connectivity index (χ4n) is 8.20. The molecule has 0 bridgehead atoms. The van der Waals surface area contributed by atoms with E-state index in [0.29, 0.717) is 17.5 Å². The molecule has 0 unspecified atom stereocenters. The number of nitrogens with zero attached hydrogens (tertiary/aromatic N) is 5. The van der Waals surface area contributed by atoms with Crippen LogP contribution in [0.3, 0.4) is 0 Å². The monoisotopic (exact) mass is 741 g/mol. The van der Waals surface area contributed by atoms with Crippen molar-refractivity contribution in [3.63, 3.8) is 0 Å². The van der Waals surface area contributed by atoms with Crippen LogP contribution in [0, 0.1) is 0 Å². The van der Waals surface area contributed by atoms with Crippen molar-refractivity contribution in [3.05, 3.63) is 212 Å². The van der Waals surface area contributed by atoms with Gasteiger partial charge in [0.05, 0.1) is 16.6 Å². The Bertz CT molecular complexity index is 3120. The molecule has 0 atom stereocenters. The molecular weight excluding hydrogens is 707 g/mol. The molecule has 0 saturated carbocycles. The maximum absolute atomic E-state index is 5.11. The third-order valence-corrected chi connectivity index (χ3v) is 11.0. The second kappa shape index (κ2) is 14.0. The molecule has 58 heavy (non-hydrogen) atoms. The molecule has 3 aromatic heterocycles. The van der Waals surface area contributed by atoms with Gasteiger partial charge < -0.3 is 0 Å². The number of imidazole rings is 1. The molecular formula is C53H35N5. The number of para-hydroxylation sites is 4. The Morgan fingerprint density at radius 1 is 0.276 bits per heavy atom. The van der Waals surface area contributed by atoms with E-state index in [-0.39, 0.29) is 0 Å². The van der Waals surface area contributed by atoms with Crippen molar-refractivity contribution in [2.75, 3.05) is 0 Å². The molecule has 0 fully saturated rings. The van der Waals surface area contributed by atoms with Crippen LogP contribution in [0.5, 0.6) is 0 Å². The Kier molecular flexibility index (Phi) is 8.07. The summed E-state index contributed by atoms with van der Waals surface area (Å²) in [5.41, 5.74) is 15.4. The van der Waals surface area contributed by atoms with Gasteiger partial charge in [0, 0.05) is 33.3 Å². The van der Waals surface area contributed by atoms with Gasteiger partial charge in [-0.25, -0.2) is 15.0 Å². The van der Waals surface area contributed by atoms with E-state index in [1.165, 1.54) is 33.1 Å². The minimum absolute atomic E-state index is 0.621. The quantitative estimate of drug-likeness (QED) is 0.163. The van der Waals surface area contributed by atoms with E-state index in [1.807, 2.05) is 12.1 Å². The SMILES string of the molecule is c1ccc(-c2ccc(-c3nc(-c4ccc(-c5ccccc5)cc4)nc(-c4ccc(-c5c6ccccc6n6c7ccccc7n(-c7ccccc7)c56)cc4)n3)cc2)cc1. The first kappa shape index (κ1) is 33.4. The minimum atomic E-state index is 0.621. The van der Waals surface area contributed by atoms with E-state index in [4.69, 9.17) is 15.0 Å². The van der Waals surface area contributed by atoms with Crippen LogP contribution >= 0.6 is 0 Å². The first-order valence-corrected chi connectivity index (χ1v) is 19.5. The summed E-state index contributed by atoms with van der Waals surface area (Å²) in [6.07, 6.45) is 0. The summed E-state index contributed by atoms with van der Waals surface area (Å²) in [4.78, 5) is 15.3. The molecule has 11 rings (SSSR count). The first-order chi connectivity index (χ1) is 28.8. The molecule has 5 nitrogen and oxygen atoms in total. The van der Waals surface area contributed by atoms with E-state index in [9.17, 15) is 0 Å². The average Bonchev–Trinajstić information content (AvgIpc) is 3.83. The summed E-state index contributed by atoms with van der Waals surface area (Å²) in [5, 5.41) is 1.20. The van der Waals surface area contributed by atoms with Crippen LogP contribution in [0.4, 0.5) is 0 Å². The third kappa shape index (κ3) is 5.76. The van der Waals surface area contributed by atoms with Crippen LogP contribution in [-0.4, -0.2) is 23.9 Å². The number of benzene rings is 8. The van der Waals surface area contributed by atoms with Gasteiger partial charge in [0.2, 0.25) is 0 Å². The topological polar surface area (TPSA) is 48.0 Å². The molecule has 8 aromatic carbocycles. The lowest BCUT2D eigenvalue weighted by atomic mass is 10.0. The smallest absolute Gasteiger partial charge is 0.164 e. The van der Waals surface area contributed by atoms with E-state index in [1.54, 1.807) is 0 Å². The number of hydrogen-bond acceptors (Lipinski definition) is 3. The third-order valence-electron chi connectivity index (χ3n) is 11.0. The maximum Gasteiger partial charge on any atom is 0.164 e. The van der Waals surface area contributed by atoms with E-state index in [2.05, 4.69) is 209 Å². The van der Waals surface area contributed by atoms with Crippen molar-refractivity contribution in [3.8, 4) is 73.2 Å². The molecule has 0 N–H and O–H groups in total. The zero-order valence-corrected chi connectivity index (χ0v) is 31.4. The van der Waals surface area contributed by atoms with Crippen molar-refractivity contribution in [2.24, 2.45) is 0 Å². The van der Waals surface area contributed by atoms with Crippen LogP contribution in [0.25, 0.3) is 101 Å². The van der Waals surface area contributed by atoms with Crippen molar-refractivity contribution in [2.45, 2.75) is 0 Å². The summed E-state index contributed by atoms with van der Waals surface area (Å²) in [7, 11) is 0. The Hall–Kier alpha value is -7.89. The van der Waals surface area contributed by atoms with E-state index >= 15 is 0 Å². The van der Waals surface area contributed by atoms with Crippen LogP contribution in [0.15, 0.2) is 212 Å². The molecule has 0 amide bonds. The molecule has 5 heteroatoms. The second-order valence-corrected chi connectivity index (χ2v) is 14.5. The summed E-state index contributed by atoms with van der Waals surface area (Å²) in [5.74, 6) is 1.88. The lowest BCUT2D eigenvalue weighted by Crippen LogP contribution is -2.00. The minimum Gasteiger partial charge on any atom is -0.293 e. The Morgan fingerprint density at radius 3 is 1.14 bits per heavy atom. The number of fused-ring (bicyclic) bond motifs is 5. The van der Waals surface area contributed by atoms with Crippen LogP contribution < -0.4 is 0 Å². The highest BCUT2D eigenvalue weighted by atomic mass is 15.1. The predicted molar refractivity (Wildman–Crippen MR) is 238 cm³/mol. The molecule has 0 aliphatic carbocycles. The fourth-order valence-corrected chi connectivity index (χ4v) is 8.20. The highest BCUT2D eigenvalue weighted by Crippen LogP contribution is 2.41. The summed E-state index contributed by atoms with van der Waals surface area (Å²) in [6.45, 7) is 0. The Balaban J connectivity index is 1.05. The van der Waals surface area contributed by atoms with E-state index in [0.717, 1.165) is 50.2 Å². The van der Waals surface area contributed by atoms with Crippen LogP contribution in [-0.2, 0) is 0 Å². The zero-order chi connectivity index (χ0) is 38.4. The van der Waals surface area contributed by atoms with Crippen molar-refractivity contribution >= 4 is 27.6 Å². The lowest BCUT2D eigenvalue weighted by Gasteiger charge is -2.11. The molecule has 0 aliphatic rings. The van der Waals surface area contributed by atoms with E-state index < -0.39 is 0 Å². The Morgan fingerprint density at radius 2 is 0.638 bits per heavy atom. The summed E-state index contributed by atoms with van der Waals surface area (Å²) < 4.78 is 4.78. The van der Waals surface area contributed by atoms with Gasteiger partial charge in [-0.1, -0.05) is 182 Å².